The first-order chi connectivity index (χ1) is 16.2. The van der Waals surface area contributed by atoms with Crippen molar-refractivity contribution in [3.63, 3.8) is 0 Å². The number of carbonyl (C=O) groups excluding carboxylic acids is 1. The standard InChI is InChI=1S/C26H38N4O3/c31-25(30-12-1-2-13-30)27-21-8-14-28(15-9-21)23-6-7-24-20(18-23)19-32-26(33-24)10-16-29(17-11-26)22-4-3-5-22/h6-7,18,21-22H,1-5,8-17,19H2,(H,27,31). The molecule has 7 nitrogen and oxygen atoms in total. The number of rotatable bonds is 3. The van der Waals surface area contributed by atoms with Crippen molar-refractivity contribution in [3.8, 4) is 5.75 Å². The molecule has 1 saturated carbocycles. The summed E-state index contributed by atoms with van der Waals surface area (Å²) < 4.78 is 12.8. The van der Waals surface area contributed by atoms with Gasteiger partial charge in [-0.1, -0.05) is 6.42 Å². The molecule has 7 heteroatoms. The number of ether oxygens (including phenoxy) is 2. The summed E-state index contributed by atoms with van der Waals surface area (Å²) >= 11 is 0. The van der Waals surface area contributed by atoms with E-state index >= 15 is 0 Å². The van der Waals surface area contributed by atoms with Crippen LogP contribution in [0.15, 0.2) is 18.2 Å². The number of nitrogens with one attached hydrogen (secondary N) is 1. The maximum absolute atomic E-state index is 12.4. The number of amides is 2. The number of likely N-dealkylation sites (tertiary alicyclic amines) is 2. The molecule has 4 aliphatic heterocycles. The summed E-state index contributed by atoms with van der Waals surface area (Å²) in [7, 11) is 0. The Hall–Kier alpha value is -1.99. The van der Waals surface area contributed by atoms with Gasteiger partial charge in [0.1, 0.15) is 5.75 Å². The van der Waals surface area contributed by atoms with Gasteiger partial charge in [-0.15, -0.1) is 0 Å². The number of hydrogen-bond acceptors (Lipinski definition) is 5. The van der Waals surface area contributed by atoms with Gasteiger partial charge in [-0.25, -0.2) is 4.79 Å². The summed E-state index contributed by atoms with van der Waals surface area (Å²) in [6.45, 7) is 6.55. The van der Waals surface area contributed by atoms with Crippen LogP contribution in [0.4, 0.5) is 10.5 Å². The molecule has 4 fully saturated rings. The van der Waals surface area contributed by atoms with E-state index in [0.29, 0.717) is 6.61 Å². The Morgan fingerprint density at radius 1 is 0.939 bits per heavy atom. The number of urea groups is 1. The Morgan fingerprint density at radius 3 is 2.39 bits per heavy atom. The zero-order chi connectivity index (χ0) is 22.3. The average molecular weight is 455 g/mol. The Labute approximate surface area is 197 Å². The summed E-state index contributed by atoms with van der Waals surface area (Å²) in [6.07, 6.45) is 10.3. The maximum atomic E-state index is 12.4. The van der Waals surface area contributed by atoms with Crippen molar-refractivity contribution in [2.75, 3.05) is 44.2 Å². The largest absolute Gasteiger partial charge is 0.462 e. The highest BCUT2D eigenvalue weighted by atomic mass is 16.7. The molecule has 0 unspecified atom stereocenters. The molecular weight excluding hydrogens is 416 g/mol. The fraction of sp³-hybridized carbons (Fsp3) is 0.731. The number of nitrogens with zero attached hydrogens (tertiary/aromatic N) is 3. The van der Waals surface area contributed by atoms with Gasteiger partial charge in [0.05, 0.1) is 6.61 Å². The molecule has 180 valence electrons. The van der Waals surface area contributed by atoms with E-state index in [1.165, 1.54) is 24.9 Å². The first-order valence-corrected chi connectivity index (χ1v) is 13.2. The Bertz CT molecular complexity index is 851. The summed E-state index contributed by atoms with van der Waals surface area (Å²) in [4.78, 5) is 19.4. The highest BCUT2D eigenvalue weighted by Gasteiger charge is 2.42. The monoisotopic (exact) mass is 454 g/mol. The summed E-state index contributed by atoms with van der Waals surface area (Å²) in [5, 5.41) is 3.25. The van der Waals surface area contributed by atoms with Gasteiger partial charge in [-0.2, -0.15) is 0 Å². The first-order valence-electron chi connectivity index (χ1n) is 13.2. The van der Waals surface area contributed by atoms with Crippen molar-refractivity contribution in [3.05, 3.63) is 23.8 Å². The quantitative estimate of drug-likeness (QED) is 0.755. The van der Waals surface area contributed by atoms with Crippen LogP contribution in [0.2, 0.25) is 0 Å². The molecule has 1 aliphatic carbocycles. The number of piperidine rings is 2. The molecule has 33 heavy (non-hydrogen) atoms. The molecule has 0 bridgehead atoms. The summed E-state index contributed by atoms with van der Waals surface area (Å²) in [5.41, 5.74) is 2.39. The van der Waals surface area contributed by atoms with Gasteiger partial charge in [0.2, 0.25) is 5.79 Å². The van der Waals surface area contributed by atoms with Crippen LogP contribution in [0.1, 0.15) is 63.4 Å². The van der Waals surface area contributed by atoms with Gasteiger partial charge >= 0.3 is 6.03 Å². The molecule has 0 radical (unpaired) electrons. The van der Waals surface area contributed by atoms with E-state index in [1.807, 2.05) is 4.90 Å². The molecule has 4 heterocycles. The van der Waals surface area contributed by atoms with E-state index in [0.717, 1.165) is 95.1 Å². The van der Waals surface area contributed by atoms with Crippen molar-refractivity contribution in [2.45, 2.75) is 82.3 Å². The van der Waals surface area contributed by atoms with Gasteiger partial charge in [-0.3, -0.25) is 4.90 Å². The SMILES string of the molecule is O=C(NC1CCN(c2ccc3c(c2)COC2(CCN(C4CCC4)CC2)O3)CC1)N1CCCC1. The molecule has 1 spiro atoms. The van der Waals surface area contributed by atoms with Gasteiger partial charge < -0.3 is 24.6 Å². The highest BCUT2D eigenvalue weighted by molar-refractivity contribution is 5.74. The van der Waals surface area contributed by atoms with Crippen molar-refractivity contribution >= 4 is 11.7 Å². The average Bonchev–Trinajstić information content (AvgIpc) is 3.35. The van der Waals surface area contributed by atoms with E-state index in [-0.39, 0.29) is 12.1 Å². The third-order valence-corrected chi connectivity index (χ3v) is 8.56. The van der Waals surface area contributed by atoms with Crippen LogP contribution in [0, 0.1) is 0 Å². The minimum Gasteiger partial charge on any atom is -0.462 e. The van der Waals surface area contributed by atoms with Crippen LogP contribution in [0.5, 0.6) is 5.75 Å². The second kappa shape index (κ2) is 8.99. The van der Waals surface area contributed by atoms with E-state index in [2.05, 4.69) is 33.3 Å². The first kappa shape index (κ1) is 21.5. The van der Waals surface area contributed by atoms with E-state index in [9.17, 15) is 4.79 Å². The number of anilines is 1. The van der Waals surface area contributed by atoms with Crippen molar-refractivity contribution in [2.24, 2.45) is 0 Å². The fourth-order valence-electron chi connectivity index (χ4n) is 6.11. The lowest BCUT2D eigenvalue weighted by Crippen LogP contribution is -2.54. The van der Waals surface area contributed by atoms with Crippen LogP contribution >= 0.6 is 0 Å². The van der Waals surface area contributed by atoms with Crippen molar-refractivity contribution in [1.82, 2.24) is 15.1 Å². The molecule has 1 aromatic carbocycles. The highest BCUT2D eigenvalue weighted by Crippen LogP contribution is 2.40. The number of fused-ring (bicyclic) bond motifs is 1. The lowest BCUT2D eigenvalue weighted by atomic mass is 9.89. The second-order valence-corrected chi connectivity index (χ2v) is 10.6. The Balaban J connectivity index is 1.02. The van der Waals surface area contributed by atoms with Gasteiger partial charge in [0, 0.05) is 75.4 Å². The number of benzene rings is 1. The van der Waals surface area contributed by atoms with Crippen LogP contribution in [0.3, 0.4) is 0 Å². The van der Waals surface area contributed by atoms with Crippen LogP contribution in [-0.4, -0.2) is 73.0 Å². The van der Waals surface area contributed by atoms with Gasteiger partial charge in [0.25, 0.3) is 0 Å². The molecule has 5 aliphatic rings. The zero-order valence-electron chi connectivity index (χ0n) is 19.8. The van der Waals surface area contributed by atoms with Crippen LogP contribution in [-0.2, 0) is 11.3 Å². The van der Waals surface area contributed by atoms with Gasteiger partial charge in [0.15, 0.2) is 0 Å². The minimum atomic E-state index is -0.430. The smallest absolute Gasteiger partial charge is 0.317 e. The molecule has 1 N–H and O–H groups in total. The Morgan fingerprint density at radius 2 is 1.70 bits per heavy atom. The summed E-state index contributed by atoms with van der Waals surface area (Å²) in [6, 6.07) is 7.80. The van der Waals surface area contributed by atoms with Crippen molar-refractivity contribution in [1.29, 1.82) is 0 Å². The van der Waals surface area contributed by atoms with E-state index < -0.39 is 5.79 Å². The molecule has 0 aromatic heterocycles. The van der Waals surface area contributed by atoms with Crippen LogP contribution < -0.4 is 15.0 Å². The molecule has 1 aromatic rings. The third kappa shape index (κ3) is 4.42. The van der Waals surface area contributed by atoms with Crippen molar-refractivity contribution < 1.29 is 14.3 Å². The second-order valence-electron chi connectivity index (χ2n) is 10.6. The van der Waals surface area contributed by atoms with Gasteiger partial charge in [-0.05, 0) is 56.7 Å². The molecule has 2 amide bonds. The topological polar surface area (TPSA) is 57.3 Å². The lowest BCUT2D eigenvalue weighted by Gasteiger charge is -2.47. The van der Waals surface area contributed by atoms with Crippen LogP contribution in [0.25, 0.3) is 0 Å². The maximum Gasteiger partial charge on any atom is 0.317 e. The number of carbonyl (C=O) groups is 1. The minimum absolute atomic E-state index is 0.126. The molecule has 6 rings (SSSR count). The summed E-state index contributed by atoms with van der Waals surface area (Å²) in [5.74, 6) is 0.565. The Kier molecular flexibility index (Phi) is 5.87. The molecular formula is C26H38N4O3. The normalized spacial score (nSPS) is 26.1. The zero-order valence-corrected chi connectivity index (χ0v) is 19.8. The number of hydrogen-bond donors (Lipinski definition) is 1. The molecule has 3 saturated heterocycles. The predicted octanol–water partition coefficient (Wildman–Crippen LogP) is 3.71. The fourth-order valence-corrected chi connectivity index (χ4v) is 6.11. The van der Waals surface area contributed by atoms with E-state index in [1.54, 1.807) is 0 Å². The molecule has 0 atom stereocenters. The predicted molar refractivity (Wildman–Crippen MR) is 128 cm³/mol. The lowest BCUT2D eigenvalue weighted by molar-refractivity contribution is -0.231. The van der Waals surface area contributed by atoms with E-state index in [4.69, 9.17) is 9.47 Å². The third-order valence-electron chi connectivity index (χ3n) is 8.56.